The maximum atomic E-state index is 11.8. The van der Waals surface area contributed by atoms with Crippen LogP contribution in [-0.2, 0) is 4.79 Å². The molecule has 23 heavy (non-hydrogen) atoms. The smallest absolute Gasteiger partial charge is 0.231 e. The molecule has 4 heteroatoms. The summed E-state index contributed by atoms with van der Waals surface area (Å²) in [6, 6.07) is 14.4. The second-order valence-corrected chi connectivity index (χ2v) is 6.78. The highest BCUT2D eigenvalue weighted by molar-refractivity contribution is 7.13. The van der Waals surface area contributed by atoms with E-state index in [1.165, 1.54) is 5.56 Å². The van der Waals surface area contributed by atoms with Crippen LogP contribution in [0.5, 0.6) is 0 Å². The fraction of sp³-hybridized carbons (Fsp3) is 0.158. The zero-order chi connectivity index (χ0) is 16.0. The van der Waals surface area contributed by atoms with E-state index in [1.807, 2.05) is 19.1 Å². The highest BCUT2D eigenvalue weighted by atomic mass is 32.1. The van der Waals surface area contributed by atoms with Gasteiger partial charge in [0.2, 0.25) is 5.91 Å². The van der Waals surface area contributed by atoms with Gasteiger partial charge in [-0.05, 0) is 37.6 Å². The molecule has 0 unspecified atom stereocenters. The predicted molar refractivity (Wildman–Crippen MR) is 94.8 cm³/mol. The second-order valence-electron chi connectivity index (χ2n) is 5.92. The van der Waals surface area contributed by atoms with E-state index in [0.29, 0.717) is 0 Å². The molecule has 114 valence electrons. The lowest BCUT2D eigenvalue weighted by Gasteiger charge is -2.04. The Hall–Kier alpha value is -2.46. The molecule has 0 saturated carbocycles. The molecule has 2 heterocycles. The maximum absolute atomic E-state index is 11.8. The fourth-order valence-electron chi connectivity index (χ4n) is 2.89. The minimum Gasteiger partial charge on any atom is -0.325 e. The molecule has 4 rings (SSSR count). The van der Waals surface area contributed by atoms with Crippen molar-refractivity contribution >= 4 is 22.9 Å². The monoisotopic (exact) mass is 320 g/mol. The molecule has 1 atom stereocenters. The van der Waals surface area contributed by atoms with Crippen LogP contribution in [0.2, 0.25) is 0 Å². The molecule has 3 nitrogen and oxygen atoms in total. The SMILES string of the molecule is Cc1cccc(-c2nc(-c3ccc4c(c3)[C@H](C)C(=O)N4)cs2)c1. The summed E-state index contributed by atoms with van der Waals surface area (Å²) in [5, 5.41) is 6.00. The van der Waals surface area contributed by atoms with Crippen LogP contribution in [0.1, 0.15) is 24.0 Å². The lowest BCUT2D eigenvalue weighted by atomic mass is 9.99. The lowest BCUT2D eigenvalue weighted by molar-refractivity contribution is -0.116. The normalized spacial score (nSPS) is 16.3. The Kier molecular flexibility index (Phi) is 3.27. The Balaban J connectivity index is 1.72. The third-order valence-electron chi connectivity index (χ3n) is 4.23. The van der Waals surface area contributed by atoms with Crippen LogP contribution < -0.4 is 5.32 Å². The number of amides is 1. The van der Waals surface area contributed by atoms with Crippen molar-refractivity contribution < 1.29 is 4.79 Å². The topological polar surface area (TPSA) is 42.0 Å². The third kappa shape index (κ3) is 2.45. The van der Waals surface area contributed by atoms with E-state index in [2.05, 4.69) is 48.0 Å². The molecular formula is C19H16N2OS. The average molecular weight is 320 g/mol. The number of hydrogen-bond donors (Lipinski definition) is 1. The minimum atomic E-state index is -0.0974. The van der Waals surface area contributed by atoms with Crippen LogP contribution in [0.15, 0.2) is 47.8 Å². The number of anilines is 1. The number of carbonyl (C=O) groups is 1. The number of thiazole rings is 1. The van der Waals surface area contributed by atoms with E-state index in [1.54, 1.807) is 11.3 Å². The van der Waals surface area contributed by atoms with Gasteiger partial charge in [0.1, 0.15) is 5.01 Å². The average Bonchev–Trinajstić information content (AvgIpc) is 3.14. The van der Waals surface area contributed by atoms with Gasteiger partial charge in [-0.3, -0.25) is 4.79 Å². The zero-order valence-electron chi connectivity index (χ0n) is 13.0. The Morgan fingerprint density at radius 3 is 2.83 bits per heavy atom. The highest BCUT2D eigenvalue weighted by Gasteiger charge is 2.26. The molecule has 0 saturated heterocycles. The van der Waals surface area contributed by atoms with Gasteiger partial charge in [-0.1, -0.05) is 29.8 Å². The largest absolute Gasteiger partial charge is 0.325 e. The van der Waals surface area contributed by atoms with Gasteiger partial charge in [0, 0.05) is 22.2 Å². The summed E-state index contributed by atoms with van der Waals surface area (Å²) < 4.78 is 0. The van der Waals surface area contributed by atoms with Crippen molar-refractivity contribution in [3.8, 4) is 21.8 Å². The van der Waals surface area contributed by atoms with Gasteiger partial charge in [-0.25, -0.2) is 4.98 Å². The van der Waals surface area contributed by atoms with Gasteiger partial charge in [0.15, 0.2) is 0 Å². The predicted octanol–water partition coefficient (Wildman–Crippen LogP) is 4.84. The summed E-state index contributed by atoms with van der Waals surface area (Å²) in [7, 11) is 0. The van der Waals surface area contributed by atoms with Gasteiger partial charge in [0.05, 0.1) is 11.6 Å². The van der Waals surface area contributed by atoms with Crippen LogP contribution in [-0.4, -0.2) is 10.9 Å². The molecule has 1 aliphatic heterocycles. The molecule has 0 aliphatic carbocycles. The van der Waals surface area contributed by atoms with Crippen LogP contribution in [0.3, 0.4) is 0 Å². The number of carbonyl (C=O) groups excluding carboxylic acids is 1. The van der Waals surface area contributed by atoms with Crippen LogP contribution in [0.4, 0.5) is 5.69 Å². The number of aryl methyl sites for hydroxylation is 1. The first-order chi connectivity index (χ1) is 11.1. The summed E-state index contributed by atoms with van der Waals surface area (Å²) in [5.41, 5.74) is 6.36. The molecule has 2 aromatic carbocycles. The third-order valence-corrected chi connectivity index (χ3v) is 5.13. The standard InChI is InChI=1S/C19H16N2OS/c1-11-4-3-5-14(8-11)19-21-17(10-23-19)13-6-7-16-15(9-13)12(2)18(22)20-16/h3-10,12H,1-2H3,(H,20,22)/t12-/m0/s1. The molecule has 0 spiro atoms. The van der Waals surface area contributed by atoms with Gasteiger partial charge in [0.25, 0.3) is 0 Å². The molecule has 1 aliphatic rings. The van der Waals surface area contributed by atoms with Gasteiger partial charge < -0.3 is 5.32 Å². The van der Waals surface area contributed by atoms with Crippen molar-refractivity contribution in [2.24, 2.45) is 0 Å². The van der Waals surface area contributed by atoms with E-state index < -0.39 is 0 Å². The van der Waals surface area contributed by atoms with Gasteiger partial charge >= 0.3 is 0 Å². The molecule has 0 bridgehead atoms. The molecular weight excluding hydrogens is 304 g/mol. The fourth-order valence-corrected chi connectivity index (χ4v) is 3.72. The van der Waals surface area contributed by atoms with E-state index in [0.717, 1.165) is 33.1 Å². The Morgan fingerprint density at radius 1 is 1.13 bits per heavy atom. The number of aromatic nitrogens is 1. The Morgan fingerprint density at radius 2 is 2.00 bits per heavy atom. The molecule has 1 amide bonds. The number of fused-ring (bicyclic) bond motifs is 1. The summed E-state index contributed by atoms with van der Waals surface area (Å²) in [6.45, 7) is 4.02. The van der Waals surface area contributed by atoms with Crippen LogP contribution >= 0.6 is 11.3 Å². The van der Waals surface area contributed by atoms with E-state index >= 15 is 0 Å². The van der Waals surface area contributed by atoms with Crippen LogP contribution in [0.25, 0.3) is 21.8 Å². The quantitative estimate of drug-likeness (QED) is 0.734. The zero-order valence-corrected chi connectivity index (χ0v) is 13.8. The van der Waals surface area contributed by atoms with Crippen molar-refractivity contribution in [2.45, 2.75) is 19.8 Å². The van der Waals surface area contributed by atoms with E-state index in [9.17, 15) is 4.79 Å². The van der Waals surface area contributed by atoms with Crippen molar-refractivity contribution in [3.63, 3.8) is 0 Å². The number of nitrogens with one attached hydrogen (secondary N) is 1. The van der Waals surface area contributed by atoms with Crippen molar-refractivity contribution in [1.29, 1.82) is 0 Å². The molecule has 1 N–H and O–H groups in total. The van der Waals surface area contributed by atoms with Gasteiger partial charge in [-0.15, -0.1) is 11.3 Å². The minimum absolute atomic E-state index is 0.0656. The van der Waals surface area contributed by atoms with Crippen molar-refractivity contribution in [3.05, 3.63) is 59.0 Å². The number of nitrogens with zero attached hydrogens (tertiary/aromatic N) is 1. The molecule has 0 radical (unpaired) electrons. The van der Waals surface area contributed by atoms with Crippen molar-refractivity contribution in [1.82, 2.24) is 4.98 Å². The molecule has 1 aromatic heterocycles. The summed E-state index contributed by atoms with van der Waals surface area (Å²) in [5.74, 6) is -0.0318. The number of benzene rings is 2. The first kappa shape index (κ1) is 14.2. The lowest BCUT2D eigenvalue weighted by Crippen LogP contribution is -2.08. The highest BCUT2D eigenvalue weighted by Crippen LogP contribution is 2.36. The van der Waals surface area contributed by atoms with E-state index in [4.69, 9.17) is 4.98 Å². The summed E-state index contributed by atoms with van der Waals surface area (Å²) in [4.78, 5) is 16.5. The van der Waals surface area contributed by atoms with Gasteiger partial charge in [-0.2, -0.15) is 0 Å². The second kappa shape index (κ2) is 5.32. The summed E-state index contributed by atoms with van der Waals surface area (Å²) >= 11 is 1.65. The van der Waals surface area contributed by atoms with Crippen molar-refractivity contribution in [2.75, 3.05) is 5.32 Å². The first-order valence-electron chi connectivity index (χ1n) is 7.59. The summed E-state index contributed by atoms with van der Waals surface area (Å²) in [6.07, 6.45) is 0. The molecule has 0 fully saturated rings. The van der Waals surface area contributed by atoms with Crippen LogP contribution in [0, 0.1) is 6.92 Å². The maximum Gasteiger partial charge on any atom is 0.231 e. The van der Waals surface area contributed by atoms with E-state index in [-0.39, 0.29) is 11.8 Å². The Labute approximate surface area is 139 Å². The first-order valence-corrected chi connectivity index (χ1v) is 8.47. The number of rotatable bonds is 2. The molecule has 3 aromatic rings. The Bertz CT molecular complexity index is 913. The number of hydrogen-bond acceptors (Lipinski definition) is 3.